The van der Waals surface area contributed by atoms with Gasteiger partial charge in [-0.15, -0.1) is 10.2 Å². The van der Waals surface area contributed by atoms with E-state index in [1.54, 1.807) is 0 Å². The van der Waals surface area contributed by atoms with Crippen LogP contribution in [0.2, 0.25) is 0 Å². The summed E-state index contributed by atoms with van der Waals surface area (Å²) in [5.74, 6) is 1.80. The highest BCUT2D eigenvalue weighted by Gasteiger charge is 2.17. The molecule has 0 fully saturated rings. The molecule has 1 unspecified atom stereocenters. The summed E-state index contributed by atoms with van der Waals surface area (Å²) in [6.07, 6.45) is 2.01. The first-order valence-electron chi connectivity index (χ1n) is 10.2. The molecule has 0 spiro atoms. The summed E-state index contributed by atoms with van der Waals surface area (Å²) in [7, 11) is 0. The number of benzene rings is 2. The second-order valence-corrected chi connectivity index (χ2v) is 8.11. The molecule has 0 aliphatic heterocycles. The molecule has 3 rings (SSSR count). The van der Waals surface area contributed by atoms with Gasteiger partial charge in [-0.2, -0.15) is 0 Å². The van der Waals surface area contributed by atoms with Gasteiger partial charge in [0.25, 0.3) is 0 Å². The minimum Gasteiger partial charge on any atom is -0.485 e. The number of amides is 1. The van der Waals surface area contributed by atoms with E-state index >= 15 is 0 Å². The van der Waals surface area contributed by atoms with Crippen molar-refractivity contribution in [2.45, 2.75) is 51.4 Å². The van der Waals surface area contributed by atoms with E-state index < -0.39 is 0 Å². The zero-order valence-electron chi connectivity index (χ0n) is 17.7. The molecule has 0 aliphatic carbocycles. The first kappa shape index (κ1) is 21.9. The normalized spacial score (nSPS) is 11.8. The number of nitrogens with zero attached hydrogens (tertiary/aromatic N) is 3. The molecule has 30 heavy (non-hydrogen) atoms. The summed E-state index contributed by atoms with van der Waals surface area (Å²) in [5.41, 5.74) is 2.00. The van der Waals surface area contributed by atoms with Crippen LogP contribution in [0.5, 0.6) is 5.75 Å². The van der Waals surface area contributed by atoms with Crippen molar-refractivity contribution in [2.75, 3.05) is 5.75 Å². The second kappa shape index (κ2) is 10.8. The lowest BCUT2D eigenvalue weighted by atomic mass is 10.2. The van der Waals surface area contributed by atoms with Gasteiger partial charge in [0.1, 0.15) is 12.4 Å². The fourth-order valence-corrected chi connectivity index (χ4v) is 3.92. The molecule has 2 aromatic carbocycles. The molecule has 0 saturated heterocycles. The number of hydrogen-bond acceptors (Lipinski definition) is 5. The van der Waals surface area contributed by atoms with Crippen molar-refractivity contribution >= 4 is 17.7 Å². The van der Waals surface area contributed by atoms with Gasteiger partial charge in [-0.1, -0.05) is 61.5 Å². The number of thioether (sulfide) groups is 1. The molecular weight excluding hydrogens is 396 g/mol. The number of para-hydroxylation sites is 2. The summed E-state index contributed by atoms with van der Waals surface area (Å²) in [6.45, 7) is 6.43. The predicted molar refractivity (Wildman–Crippen MR) is 120 cm³/mol. The Bertz CT molecular complexity index is 959. The third-order valence-corrected chi connectivity index (χ3v) is 5.56. The van der Waals surface area contributed by atoms with Crippen LogP contribution in [0.3, 0.4) is 0 Å². The summed E-state index contributed by atoms with van der Waals surface area (Å²) < 4.78 is 7.94. The Morgan fingerprint density at radius 2 is 1.87 bits per heavy atom. The van der Waals surface area contributed by atoms with Crippen molar-refractivity contribution in [3.05, 3.63) is 66.0 Å². The SMILES string of the molecule is CCCC(C)NC(=O)CSc1nnc(COc2ccccc2C)n1-c1ccccc1. The average Bonchev–Trinajstić information content (AvgIpc) is 3.15. The van der Waals surface area contributed by atoms with Crippen LogP contribution in [0.15, 0.2) is 59.8 Å². The Labute approximate surface area is 182 Å². The van der Waals surface area contributed by atoms with Crippen molar-refractivity contribution in [3.63, 3.8) is 0 Å². The lowest BCUT2D eigenvalue weighted by Crippen LogP contribution is -2.33. The van der Waals surface area contributed by atoms with Gasteiger partial charge in [0.05, 0.1) is 5.75 Å². The van der Waals surface area contributed by atoms with Crippen LogP contribution in [0, 0.1) is 6.92 Å². The van der Waals surface area contributed by atoms with E-state index in [-0.39, 0.29) is 24.3 Å². The number of rotatable bonds is 10. The maximum atomic E-state index is 12.3. The summed E-state index contributed by atoms with van der Waals surface area (Å²) in [4.78, 5) is 12.3. The van der Waals surface area contributed by atoms with Crippen LogP contribution in [0.4, 0.5) is 0 Å². The minimum atomic E-state index is 0.00118. The number of aromatic nitrogens is 3. The smallest absolute Gasteiger partial charge is 0.230 e. The lowest BCUT2D eigenvalue weighted by Gasteiger charge is -2.13. The molecule has 0 bridgehead atoms. The van der Waals surface area contributed by atoms with E-state index in [1.807, 2.05) is 73.0 Å². The van der Waals surface area contributed by atoms with Crippen LogP contribution in [-0.4, -0.2) is 32.5 Å². The van der Waals surface area contributed by atoms with Gasteiger partial charge in [-0.25, -0.2) is 0 Å². The van der Waals surface area contributed by atoms with Crippen LogP contribution < -0.4 is 10.1 Å². The largest absolute Gasteiger partial charge is 0.485 e. The van der Waals surface area contributed by atoms with Crippen molar-refractivity contribution in [1.29, 1.82) is 0 Å². The summed E-state index contributed by atoms with van der Waals surface area (Å²) in [5, 5.41) is 12.4. The number of nitrogens with one attached hydrogen (secondary N) is 1. The number of carbonyl (C=O) groups excluding carboxylic acids is 1. The molecule has 0 aliphatic rings. The van der Waals surface area contributed by atoms with Gasteiger partial charge in [0.2, 0.25) is 5.91 Å². The fraction of sp³-hybridized carbons (Fsp3) is 0.348. The van der Waals surface area contributed by atoms with Gasteiger partial charge >= 0.3 is 0 Å². The van der Waals surface area contributed by atoms with Gasteiger partial charge in [-0.05, 0) is 44.0 Å². The topological polar surface area (TPSA) is 69.0 Å². The van der Waals surface area contributed by atoms with Gasteiger partial charge in [-0.3, -0.25) is 9.36 Å². The second-order valence-electron chi connectivity index (χ2n) is 7.17. The zero-order valence-corrected chi connectivity index (χ0v) is 18.5. The van der Waals surface area contributed by atoms with Crippen LogP contribution >= 0.6 is 11.8 Å². The maximum absolute atomic E-state index is 12.3. The molecule has 158 valence electrons. The summed E-state index contributed by atoms with van der Waals surface area (Å²) >= 11 is 1.38. The van der Waals surface area contributed by atoms with Gasteiger partial charge in [0, 0.05) is 11.7 Å². The first-order valence-corrected chi connectivity index (χ1v) is 11.2. The highest BCUT2D eigenvalue weighted by Crippen LogP contribution is 2.24. The van der Waals surface area contributed by atoms with Gasteiger partial charge < -0.3 is 10.1 Å². The molecule has 7 heteroatoms. The monoisotopic (exact) mass is 424 g/mol. The van der Waals surface area contributed by atoms with Crippen molar-refractivity contribution in [3.8, 4) is 11.4 Å². The molecule has 1 N–H and O–H groups in total. The molecule has 0 saturated carbocycles. The number of aryl methyl sites for hydroxylation is 1. The fourth-order valence-electron chi connectivity index (χ4n) is 3.14. The highest BCUT2D eigenvalue weighted by molar-refractivity contribution is 7.99. The number of ether oxygens (including phenoxy) is 1. The van der Waals surface area contributed by atoms with Crippen molar-refractivity contribution < 1.29 is 9.53 Å². The standard InChI is InChI=1S/C23H28N4O2S/c1-4-10-18(3)24-22(28)16-30-23-26-25-21(27(23)19-12-6-5-7-13-19)15-29-20-14-9-8-11-17(20)2/h5-9,11-14,18H,4,10,15-16H2,1-3H3,(H,24,28). The van der Waals surface area contributed by atoms with Gasteiger partial charge in [0.15, 0.2) is 11.0 Å². The van der Waals surface area contributed by atoms with E-state index in [0.29, 0.717) is 11.0 Å². The first-order chi connectivity index (χ1) is 14.6. The lowest BCUT2D eigenvalue weighted by molar-refractivity contribution is -0.119. The number of hydrogen-bond donors (Lipinski definition) is 1. The molecule has 1 aromatic heterocycles. The molecule has 1 amide bonds. The zero-order chi connectivity index (χ0) is 21.3. The van der Waals surface area contributed by atoms with E-state index in [1.165, 1.54) is 11.8 Å². The quantitative estimate of drug-likeness (QED) is 0.484. The number of carbonyl (C=O) groups is 1. The van der Waals surface area contributed by atoms with Crippen LogP contribution in [-0.2, 0) is 11.4 Å². The highest BCUT2D eigenvalue weighted by atomic mass is 32.2. The Morgan fingerprint density at radius 3 is 2.60 bits per heavy atom. The minimum absolute atomic E-state index is 0.00118. The molecule has 3 aromatic rings. The van der Waals surface area contributed by atoms with E-state index in [2.05, 4.69) is 22.4 Å². The molecular formula is C23H28N4O2S. The maximum Gasteiger partial charge on any atom is 0.230 e. The van der Waals surface area contributed by atoms with Crippen molar-refractivity contribution in [2.24, 2.45) is 0 Å². The molecule has 6 nitrogen and oxygen atoms in total. The predicted octanol–water partition coefficient (Wildman–Crippen LogP) is 4.55. The van der Waals surface area contributed by atoms with Crippen LogP contribution in [0.1, 0.15) is 38.1 Å². The average molecular weight is 425 g/mol. The van der Waals surface area contributed by atoms with Crippen molar-refractivity contribution in [1.82, 2.24) is 20.1 Å². The molecule has 0 radical (unpaired) electrons. The van der Waals surface area contributed by atoms with E-state index in [4.69, 9.17) is 4.74 Å². The molecule has 1 heterocycles. The van der Waals surface area contributed by atoms with Crippen LogP contribution in [0.25, 0.3) is 5.69 Å². The Morgan fingerprint density at radius 1 is 1.13 bits per heavy atom. The summed E-state index contributed by atoms with van der Waals surface area (Å²) in [6, 6.07) is 17.9. The van der Waals surface area contributed by atoms with E-state index in [0.717, 1.165) is 29.8 Å². The Balaban J connectivity index is 1.75. The van der Waals surface area contributed by atoms with E-state index in [9.17, 15) is 4.79 Å². The third kappa shape index (κ3) is 5.86. The Kier molecular flexibility index (Phi) is 7.90. The molecule has 1 atom stereocenters. The third-order valence-electron chi connectivity index (χ3n) is 4.63. The Hall–Kier alpha value is -2.80.